The summed E-state index contributed by atoms with van der Waals surface area (Å²) in [6, 6.07) is 9.46. The molecule has 4 rings (SSSR count). The molecule has 29 heavy (non-hydrogen) atoms. The summed E-state index contributed by atoms with van der Waals surface area (Å²) in [5.41, 5.74) is 2.55. The van der Waals surface area contributed by atoms with Crippen molar-refractivity contribution in [1.82, 2.24) is 10.2 Å². The van der Waals surface area contributed by atoms with Gasteiger partial charge in [0.05, 0.1) is 6.26 Å². The van der Waals surface area contributed by atoms with Crippen molar-refractivity contribution in [2.75, 3.05) is 13.1 Å². The third kappa shape index (κ3) is 5.03. The largest absolute Gasteiger partial charge is 0.464 e. The van der Waals surface area contributed by atoms with Crippen LogP contribution in [0, 0.1) is 11.8 Å². The summed E-state index contributed by atoms with van der Waals surface area (Å²) in [4.78, 5) is 14.6. The molecule has 4 heteroatoms. The van der Waals surface area contributed by atoms with Crippen LogP contribution >= 0.6 is 0 Å². The Morgan fingerprint density at radius 2 is 2.00 bits per heavy atom. The Bertz CT molecular complexity index is 760. The quantitative estimate of drug-likeness (QED) is 0.688. The van der Waals surface area contributed by atoms with E-state index in [2.05, 4.69) is 28.4 Å². The van der Waals surface area contributed by atoms with Crippen LogP contribution in [0.1, 0.15) is 76.8 Å². The Kier molecular flexibility index (Phi) is 6.59. The van der Waals surface area contributed by atoms with Gasteiger partial charge in [0.2, 0.25) is 5.91 Å². The van der Waals surface area contributed by atoms with Crippen LogP contribution in [0.25, 0.3) is 11.3 Å². The molecular weight excluding hydrogens is 360 g/mol. The molecule has 2 fully saturated rings. The molecule has 0 aromatic rings. The second-order valence-corrected chi connectivity index (χ2v) is 9.44. The second kappa shape index (κ2) is 9.34. The number of rotatable bonds is 6. The Labute approximate surface area is 175 Å². The molecule has 1 unspecified atom stereocenters. The van der Waals surface area contributed by atoms with Crippen molar-refractivity contribution >= 4 is 5.91 Å². The molecule has 4 nitrogen and oxygen atoms in total. The van der Waals surface area contributed by atoms with Crippen LogP contribution in [-0.4, -0.2) is 29.9 Å². The highest BCUT2D eigenvalue weighted by Gasteiger charge is 2.28. The van der Waals surface area contributed by atoms with Crippen LogP contribution in [0.4, 0.5) is 0 Å². The summed E-state index contributed by atoms with van der Waals surface area (Å²) in [6.45, 7) is 6.32. The molecule has 2 heterocycles. The van der Waals surface area contributed by atoms with Crippen molar-refractivity contribution < 1.29 is 9.21 Å². The lowest BCUT2D eigenvalue weighted by Gasteiger charge is -2.37. The summed E-state index contributed by atoms with van der Waals surface area (Å²) < 4.78 is 5.88. The molecule has 0 bridgehead atoms. The van der Waals surface area contributed by atoms with E-state index in [1.54, 1.807) is 0 Å². The van der Waals surface area contributed by atoms with Crippen LogP contribution in [0.5, 0.6) is 0 Å². The predicted molar refractivity (Wildman–Crippen MR) is 117 cm³/mol. The molecule has 1 saturated carbocycles. The minimum absolute atomic E-state index is 0.0862. The van der Waals surface area contributed by atoms with Crippen LogP contribution in [0.2, 0.25) is 0 Å². The number of carbonyl (C=O) groups excluding carboxylic acids is 1. The van der Waals surface area contributed by atoms with E-state index in [1.807, 2.05) is 26.2 Å². The zero-order chi connectivity index (χ0) is 20.2. The smallest absolute Gasteiger partial charge is 0.222 e. The molecule has 1 saturated heterocycles. The molecule has 0 aromatic heterocycles. The lowest BCUT2D eigenvalue weighted by Crippen LogP contribution is -2.40. The Hall–Kier alpha value is -1.81. The van der Waals surface area contributed by atoms with E-state index in [0.29, 0.717) is 12.1 Å². The highest BCUT2D eigenvalue weighted by atomic mass is 16.3. The van der Waals surface area contributed by atoms with E-state index < -0.39 is 0 Å². The van der Waals surface area contributed by atoms with E-state index in [-0.39, 0.29) is 11.8 Å². The van der Waals surface area contributed by atoms with E-state index in [0.717, 1.165) is 24.5 Å². The van der Waals surface area contributed by atoms with Gasteiger partial charge in [-0.15, -0.1) is 0 Å². The maximum Gasteiger partial charge on any atom is 0.222 e. The van der Waals surface area contributed by atoms with Crippen LogP contribution in [0.3, 0.4) is 0 Å². The number of nitrogens with one attached hydrogen (secondary N) is 1. The number of amides is 1. The van der Waals surface area contributed by atoms with Gasteiger partial charge < -0.3 is 9.73 Å². The standard InChI is InChI=1S/C25H36N2O2/c1-18(2)25(28)26-22-11-9-19(10-12-22)13-15-27-14-4-3-7-23(27)21-16-20-6-5-8-24(20)29-17-21/h5-6,8,16-19,22-23H,3-4,7,9-15H2,1-2H3,(H,26,28)/t19-,22-,23?. The predicted octanol–water partition coefficient (Wildman–Crippen LogP) is 5.63. The molecule has 2 aliphatic carbocycles. The zero-order valence-corrected chi connectivity index (χ0v) is 18.0. The lowest BCUT2D eigenvalue weighted by atomic mass is 9.83. The monoisotopic (exact) mass is 396 g/mol. The summed E-state index contributed by atoms with van der Waals surface area (Å²) in [5, 5.41) is 3.23. The maximum absolute atomic E-state index is 11.9. The van der Waals surface area contributed by atoms with Gasteiger partial charge in [-0.1, -0.05) is 32.4 Å². The number of likely N-dealkylation sites (tertiary alicyclic amines) is 1. The van der Waals surface area contributed by atoms with Crippen LogP contribution in [0.15, 0.2) is 34.9 Å². The van der Waals surface area contributed by atoms with Crippen molar-refractivity contribution in [3.8, 4) is 11.3 Å². The van der Waals surface area contributed by atoms with Gasteiger partial charge in [0, 0.05) is 29.1 Å². The van der Waals surface area contributed by atoms with Crippen molar-refractivity contribution in [2.45, 2.75) is 77.3 Å². The molecule has 158 valence electrons. The Morgan fingerprint density at radius 1 is 1.17 bits per heavy atom. The minimum Gasteiger partial charge on any atom is -0.464 e. The van der Waals surface area contributed by atoms with Crippen LogP contribution in [-0.2, 0) is 4.79 Å². The fraction of sp³-hybridized carbons (Fsp3) is 0.640. The number of carbonyl (C=O) groups is 1. The van der Waals surface area contributed by atoms with Crippen molar-refractivity contribution in [3.05, 3.63) is 36.1 Å². The summed E-state index contributed by atoms with van der Waals surface area (Å²) in [7, 11) is 0. The van der Waals surface area contributed by atoms with E-state index >= 15 is 0 Å². The summed E-state index contributed by atoms with van der Waals surface area (Å²) in [5.74, 6) is 2.07. The highest BCUT2D eigenvalue weighted by molar-refractivity contribution is 5.78. The maximum atomic E-state index is 11.9. The Morgan fingerprint density at radius 3 is 2.79 bits per heavy atom. The topological polar surface area (TPSA) is 45.5 Å². The average molecular weight is 397 g/mol. The van der Waals surface area contributed by atoms with Crippen molar-refractivity contribution in [1.29, 1.82) is 0 Å². The van der Waals surface area contributed by atoms with Gasteiger partial charge in [0.1, 0.15) is 5.76 Å². The van der Waals surface area contributed by atoms with Gasteiger partial charge in [-0.3, -0.25) is 9.69 Å². The van der Waals surface area contributed by atoms with E-state index in [1.165, 1.54) is 62.7 Å². The third-order valence-corrected chi connectivity index (χ3v) is 6.99. The number of hydrogen-bond donors (Lipinski definition) is 1. The van der Waals surface area contributed by atoms with E-state index in [9.17, 15) is 4.79 Å². The molecule has 0 aromatic carbocycles. The van der Waals surface area contributed by atoms with Gasteiger partial charge in [-0.25, -0.2) is 0 Å². The SMILES string of the molecule is CC(C)C(=O)N[C@H]1CC[C@H](CCN2CCCCC2c2coc3cccc-3c2)CC1. The summed E-state index contributed by atoms with van der Waals surface area (Å²) >= 11 is 0. The zero-order valence-electron chi connectivity index (χ0n) is 18.0. The lowest BCUT2D eigenvalue weighted by molar-refractivity contribution is -0.125. The highest BCUT2D eigenvalue weighted by Crippen LogP contribution is 2.36. The average Bonchev–Trinajstić information content (AvgIpc) is 3.21. The van der Waals surface area contributed by atoms with E-state index in [4.69, 9.17) is 4.42 Å². The van der Waals surface area contributed by atoms with Crippen LogP contribution < -0.4 is 5.32 Å². The van der Waals surface area contributed by atoms with Gasteiger partial charge in [0.25, 0.3) is 0 Å². The molecule has 2 aliphatic heterocycles. The van der Waals surface area contributed by atoms with Crippen molar-refractivity contribution in [2.24, 2.45) is 11.8 Å². The first-order valence-corrected chi connectivity index (χ1v) is 11.6. The molecule has 1 N–H and O–H groups in total. The molecular formula is C25H36N2O2. The summed E-state index contributed by atoms with van der Waals surface area (Å²) in [6.07, 6.45) is 11.9. The fourth-order valence-corrected chi connectivity index (χ4v) is 5.11. The van der Waals surface area contributed by atoms with Gasteiger partial charge in [-0.05, 0) is 76.1 Å². The number of hydrogen-bond acceptors (Lipinski definition) is 3. The van der Waals surface area contributed by atoms with Gasteiger partial charge in [-0.2, -0.15) is 0 Å². The fourth-order valence-electron chi connectivity index (χ4n) is 5.11. The first kappa shape index (κ1) is 20.5. The Balaban J connectivity index is 1.29. The number of fused-ring (bicyclic) bond motifs is 1. The number of piperidine rings is 1. The van der Waals surface area contributed by atoms with Gasteiger partial charge in [0.15, 0.2) is 0 Å². The minimum atomic E-state index is 0.0862. The number of nitrogens with zero attached hydrogens (tertiary/aromatic N) is 1. The third-order valence-electron chi connectivity index (χ3n) is 6.99. The molecule has 0 spiro atoms. The van der Waals surface area contributed by atoms with Crippen molar-refractivity contribution in [3.63, 3.8) is 0 Å². The van der Waals surface area contributed by atoms with Gasteiger partial charge >= 0.3 is 0 Å². The molecule has 1 atom stereocenters. The first-order chi connectivity index (χ1) is 14.1. The normalized spacial score (nSPS) is 26.1. The molecule has 0 radical (unpaired) electrons. The second-order valence-electron chi connectivity index (χ2n) is 9.44. The first-order valence-electron chi connectivity index (χ1n) is 11.6. The molecule has 1 amide bonds. The molecule has 4 aliphatic rings.